The van der Waals surface area contributed by atoms with Gasteiger partial charge in [0.05, 0.1) is 6.54 Å². The van der Waals surface area contributed by atoms with Gasteiger partial charge in [0.25, 0.3) is 0 Å². The van der Waals surface area contributed by atoms with E-state index in [4.69, 9.17) is 5.73 Å². The summed E-state index contributed by atoms with van der Waals surface area (Å²) in [6.07, 6.45) is 0.915. The summed E-state index contributed by atoms with van der Waals surface area (Å²) >= 11 is 0. The molecule has 0 bridgehead atoms. The van der Waals surface area contributed by atoms with Gasteiger partial charge in [-0.15, -0.1) is 0 Å². The normalized spacial score (nSPS) is 19.5. The van der Waals surface area contributed by atoms with E-state index in [1.54, 1.807) is 0 Å². The number of amides is 1. The van der Waals surface area contributed by atoms with Crippen molar-refractivity contribution in [1.82, 2.24) is 9.80 Å². The van der Waals surface area contributed by atoms with Crippen LogP contribution < -0.4 is 5.73 Å². The summed E-state index contributed by atoms with van der Waals surface area (Å²) in [7, 11) is 0. The Hall–Kier alpha value is -0.610. The molecule has 1 rings (SSSR count). The fraction of sp³-hybridized carbons (Fsp3) is 0.889. The highest BCUT2D eigenvalue weighted by Gasteiger charge is 2.21. The molecule has 1 fully saturated rings. The highest BCUT2D eigenvalue weighted by Crippen LogP contribution is 2.02. The summed E-state index contributed by atoms with van der Waals surface area (Å²) in [5, 5.41) is 0. The van der Waals surface area contributed by atoms with Gasteiger partial charge in [-0.2, -0.15) is 0 Å². The quantitative estimate of drug-likeness (QED) is 0.642. The Labute approximate surface area is 79.7 Å². The van der Waals surface area contributed by atoms with Crippen LogP contribution in [-0.4, -0.2) is 55.0 Å². The first-order valence-electron chi connectivity index (χ1n) is 4.98. The predicted molar refractivity (Wildman–Crippen MR) is 52.4 cm³/mol. The van der Waals surface area contributed by atoms with Crippen molar-refractivity contribution in [2.45, 2.75) is 13.3 Å². The van der Waals surface area contributed by atoms with E-state index in [9.17, 15) is 4.79 Å². The molecule has 0 aromatic heterocycles. The van der Waals surface area contributed by atoms with Gasteiger partial charge in [-0.25, -0.2) is 0 Å². The molecule has 13 heavy (non-hydrogen) atoms. The Morgan fingerprint density at radius 2 is 2.23 bits per heavy atom. The number of likely N-dealkylation sites (N-methyl/N-ethyl adjacent to an activating group) is 1. The summed E-state index contributed by atoms with van der Waals surface area (Å²) < 4.78 is 0. The number of rotatable bonds is 4. The summed E-state index contributed by atoms with van der Waals surface area (Å²) in [5.41, 5.74) is 5.40. The average molecular weight is 185 g/mol. The topological polar surface area (TPSA) is 49.6 Å². The molecule has 0 saturated carbocycles. The van der Waals surface area contributed by atoms with E-state index in [-0.39, 0.29) is 5.91 Å². The van der Waals surface area contributed by atoms with Gasteiger partial charge >= 0.3 is 0 Å². The second kappa shape index (κ2) is 5.19. The lowest BCUT2D eigenvalue weighted by Crippen LogP contribution is -2.50. The zero-order chi connectivity index (χ0) is 9.68. The molecule has 1 amide bonds. The van der Waals surface area contributed by atoms with Crippen molar-refractivity contribution < 1.29 is 4.79 Å². The highest BCUT2D eigenvalue weighted by atomic mass is 16.2. The summed E-state index contributed by atoms with van der Waals surface area (Å²) in [6.45, 7) is 7.01. The summed E-state index contributed by atoms with van der Waals surface area (Å²) in [6, 6.07) is 0. The molecule has 0 unspecified atom stereocenters. The highest BCUT2D eigenvalue weighted by molar-refractivity contribution is 5.78. The molecule has 0 aliphatic carbocycles. The number of carbonyl (C=O) groups is 1. The van der Waals surface area contributed by atoms with Crippen LogP contribution in [0.25, 0.3) is 0 Å². The van der Waals surface area contributed by atoms with Crippen LogP contribution in [0, 0.1) is 0 Å². The molecule has 0 radical (unpaired) electrons. The maximum absolute atomic E-state index is 11.5. The maximum atomic E-state index is 11.5. The minimum atomic E-state index is 0.251. The minimum Gasteiger partial charge on any atom is -0.340 e. The molecule has 1 aliphatic heterocycles. The summed E-state index contributed by atoms with van der Waals surface area (Å²) in [4.78, 5) is 15.6. The number of nitrogens with zero attached hydrogens (tertiary/aromatic N) is 2. The van der Waals surface area contributed by atoms with Gasteiger partial charge in [-0.05, 0) is 19.5 Å². The number of piperazine rings is 1. The van der Waals surface area contributed by atoms with Crippen molar-refractivity contribution in [1.29, 1.82) is 0 Å². The zero-order valence-electron chi connectivity index (χ0n) is 8.33. The van der Waals surface area contributed by atoms with E-state index in [0.29, 0.717) is 13.1 Å². The molecule has 0 spiro atoms. The van der Waals surface area contributed by atoms with Crippen molar-refractivity contribution >= 4 is 5.91 Å². The number of hydrogen-bond donors (Lipinski definition) is 1. The largest absolute Gasteiger partial charge is 0.340 e. The van der Waals surface area contributed by atoms with Crippen LogP contribution in [0.15, 0.2) is 0 Å². The van der Waals surface area contributed by atoms with Crippen LogP contribution >= 0.6 is 0 Å². The lowest BCUT2D eigenvalue weighted by Gasteiger charge is -2.33. The van der Waals surface area contributed by atoms with Crippen LogP contribution in [0.1, 0.15) is 13.3 Å². The first-order valence-corrected chi connectivity index (χ1v) is 4.98. The molecule has 76 valence electrons. The molecular weight excluding hydrogens is 166 g/mol. The van der Waals surface area contributed by atoms with Crippen LogP contribution in [-0.2, 0) is 4.79 Å². The van der Waals surface area contributed by atoms with Gasteiger partial charge in [-0.3, -0.25) is 9.69 Å². The van der Waals surface area contributed by atoms with Gasteiger partial charge in [0, 0.05) is 19.6 Å². The van der Waals surface area contributed by atoms with Crippen LogP contribution in [0.5, 0.6) is 0 Å². The fourth-order valence-electron chi connectivity index (χ4n) is 1.55. The van der Waals surface area contributed by atoms with Crippen molar-refractivity contribution in [3.63, 3.8) is 0 Å². The van der Waals surface area contributed by atoms with E-state index in [2.05, 4.69) is 11.8 Å². The predicted octanol–water partition coefficient (Wildman–Crippen LogP) is -0.501. The van der Waals surface area contributed by atoms with E-state index < -0.39 is 0 Å². The SMILES string of the molecule is CCN1CCN(CCCN)C(=O)C1. The van der Waals surface area contributed by atoms with E-state index in [1.807, 2.05) is 4.90 Å². The monoisotopic (exact) mass is 185 g/mol. The van der Waals surface area contributed by atoms with Crippen molar-refractivity contribution in [3.05, 3.63) is 0 Å². The fourth-order valence-corrected chi connectivity index (χ4v) is 1.55. The van der Waals surface area contributed by atoms with Crippen LogP contribution in [0.3, 0.4) is 0 Å². The third-order valence-corrected chi connectivity index (χ3v) is 2.48. The molecular formula is C9H19N3O. The molecule has 1 saturated heterocycles. The van der Waals surface area contributed by atoms with E-state index >= 15 is 0 Å². The Balaban J connectivity index is 2.31. The van der Waals surface area contributed by atoms with Crippen LogP contribution in [0.4, 0.5) is 0 Å². The number of nitrogens with two attached hydrogens (primary N) is 1. The standard InChI is InChI=1S/C9H19N3O/c1-2-11-6-7-12(5-3-4-10)9(13)8-11/h2-8,10H2,1H3. The molecule has 0 aromatic rings. The first-order chi connectivity index (χ1) is 6.27. The lowest BCUT2D eigenvalue weighted by molar-refractivity contribution is -0.135. The second-order valence-electron chi connectivity index (χ2n) is 3.39. The number of carbonyl (C=O) groups excluding carboxylic acids is 1. The molecule has 4 heteroatoms. The number of hydrogen-bond acceptors (Lipinski definition) is 3. The zero-order valence-corrected chi connectivity index (χ0v) is 8.33. The Kier molecular flexibility index (Phi) is 4.18. The second-order valence-corrected chi connectivity index (χ2v) is 3.39. The molecule has 1 aliphatic rings. The molecule has 1 heterocycles. The molecule has 4 nitrogen and oxygen atoms in total. The van der Waals surface area contributed by atoms with Gasteiger partial charge in [0.15, 0.2) is 0 Å². The lowest BCUT2D eigenvalue weighted by atomic mass is 10.3. The molecule has 0 aromatic carbocycles. The average Bonchev–Trinajstić information content (AvgIpc) is 2.16. The Morgan fingerprint density at radius 1 is 1.46 bits per heavy atom. The maximum Gasteiger partial charge on any atom is 0.236 e. The third-order valence-electron chi connectivity index (χ3n) is 2.48. The smallest absolute Gasteiger partial charge is 0.236 e. The van der Waals surface area contributed by atoms with Crippen LogP contribution in [0.2, 0.25) is 0 Å². The molecule has 2 N–H and O–H groups in total. The van der Waals surface area contributed by atoms with Crippen molar-refractivity contribution in [2.24, 2.45) is 5.73 Å². The van der Waals surface area contributed by atoms with E-state index in [0.717, 1.165) is 32.6 Å². The minimum absolute atomic E-state index is 0.251. The van der Waals surface area contributed by atoms with Gasteiger partial charge < -0.3 is 10.6 Å². The first kappa shape index (κ1) is 10.5. The van der Waals surface area contributed by atoms with Gasteiger partial charge in [-0.1, -0.05) is 6.92 Å². The van der Waals surface area contributed by atoms with Gasteiger partial charge in [0.1, 0.15) is 0 Å². The molecule has 0 atom stereocenters. The Bertz CT molecular complexity index is 172. The summed E-state index contributed by atoms with van der Waals surface area (Å²) in [5.74, 6) is 0.251. The van der Waals surface area contributed by atoms with Crippen molar-refractivity contribution in [3.8, 4) is 0 Å². The van der Waals surface area contributed by atoms with Gasteiger partial charge in [0.2, 0.25) is 5.91 Å². The third kappa shape index (κ3) is 2.97. The van der Waals surface area contributed by atoms with E-state index in [1.165, 1.54) is 0 Å². The van der Waals surface area contributed by atoms with Crippen molar-refractivity contribution in [2.75, 3.05) is 39.3 Å². The Morgan fingerprint density at radius 3 is 2.77 bits per heavy atom.